The van der Waals surface area contributed by atoms with Crippen molar-refractivity contribution < 1.29 is 0 Å². The molecule has 6 heteroatoms. The predicted octanol–water partition coefficient (Wildman–Crippen LogP) is 17.2. The minimum atomic E-state index is -0.518. The molecule has 0 bridgehead atoms. The zero-order valence-electron chi connectivity index (χ0n) is 41.1. The van der Waals surface area contributed by atoms with E-state index in [0.29, 0.717) is 17.6 Å². The summed E-state index contributed by atoms with van der Waals surface area (Å²) in [6.45, 7) is 0. The summed E-state index contributed by atoms with van der Waals surface area (Å²) < 4.78 is 4.62. The predicted molar refractivity (Wildman–Crippen MR) is 310 cm³/mol. The van der Waals surface area contributed by atoms with Gasteiger partial charge in [0, 0.05) is 55.3 Å². The zero-order chi connectivity index (χ0) is 49.9. The Hall–Kier alpha value is -10.2. The van der Waals surface area contributed by atoms with Crippen molar-refractivity contribution in [3.63, 3.8) is 0 Å². The maximum absolute atomic E-state index is 5.33. The van der Waals surface area contributed by atoms with Crippen molar-refractivity contribution in [1.82, 2.24) is 24.1 Å². The maximum atomic E-state index is 5.33. The molecule has 0 N–H and O–H groups in total. The first kappa shape index (κ1) is 42.3. The molecule has 0 fully saturated rings. The Labute approximate surface area is 438 Å². The van der Waals surface area contributed by atoms with Crippen LogP contribution in [0.2, 0.25) is 0 Å². The van der Waals surface area contributed by atoms with Crippen LogP contribution in [0.4, 0.5) is 17.1 Å². The molecule has 0 saturated heterocycles. The molecule has 0 unspecified atom stereocenters. The number of hydrogen-bond acceptors (Lipinski definition) is 4. The summed E-state index contributed by atoms with van der Waals surface area (Å²) in [5.41, 5.74) is 20.1. The van der Waals surface area contributed by atoms with Crippen molar-refractivity contribution in [1.29, 1.82) is 0 Å². The van der Waals surface area contributed by atoms with Crippen LogP contribution in [0.5, 0.6) is 0 Å². The number of benzene rings is 11. The van der Waals surface area contributed by atoms with Gasteiger partial charge in [-0.3, -0.25) is 4.57 Å². The molecule has 0 saturated carbocycles. The Balaban J connectivity index is 0.994. The summed E-state index contributed by atoms with van der Waals surface area (Å²) in [6.07, 6.45) is 0. The van der Waals surface area contributed by atoms with Gasteiger partial charge in [0.05, 0.1) is 33.2 Å². The van der Waals surface area contributed by atoms with E-state index in [1.807, 2.05) is 36.4 Å². The van der Waals surface area contributed by atoms with Crippen molar-refractivity contribution in [2.75, 3.05) is 4.90 Å². The van der Waals surface area contributed by atoms with Gasteiger partial charge in [-0.15, -0.1) is 0 Å². The second-order valence-corrected chi connectivity index (χ2v) is 19.9. The molecule has 1 spiro atoms. The molecule has 3 heterocycles. The second-order valence-electron chi connectivity index (χ2n) is 19.9. The Bertz CT molecular complexity index is 4550. The second kappa shape index (κ2) is 16.4. The summed E-state index contributed by atoms with van der Waals surface area (Å²) in [6, 6.07) is 96.6. The standard InChI is InChI=1S/C70H44N6/c1-4-21-45(22-5-1)67-71-68(46-23-6-2-7-24-46)73-69(72-67)76-62-37-19-13-29-52(62)54-41-39-49(44-65(54)76)74(48-40-42-63-56(43-48)53-30-14-18-36-61(53)75(63)47-25-8-3-9-26-47)64-38-20-35-60-66(64)55-31-12-17-34-59(55)70(60)57-32-15-10-27-50(57)51-28-11-16-33-58(51)70/h1-44H. The molecule has 2 aliphatic rings. The van der Waals surface area contributed by atoms with Gasteiger partial charge in [0.15, 0.2) is 11.6 Å². The molecule has 0 aliphatic heterocycles. The fourth-order valence-electron chi connectivity index (χ4n) is 12.9. The molecule has 0 radical (unpaired) electrons. The average Bonchev–Trinajstić information content (AvgIpc) is 4.27. The van der Waals surface area contributed by atoms with Gasteiger partial charge in [-0.2, -0.15) is 9.97 Å². The highest BCUT2D eigenvalue weighted by Crippen LogP contribution is 2.64. The summed E-state index contributed by atoms with van der Waals surface area (Å²) in [5, 5.41) is 4.58. The molecular formula is C70H44N6. The Kier molecular flexibility index (Phi) is 9.15. The van der Waals surface area contributed by atoms with Crippen molar-refractivity contribution in [3.05, 3.63) is 289 Å². The largest absolute Gasteiger partial charge is 0.310 e. The molecule has 14 aromatic rings. The van der Waals surface area contributed by atoms with E-state index < -0.39 is 5.41 Å². The number of aromatic nitrogens is 5. The van der Waals surface area contributed by atoms with Crippen molar-refractivity contribution in [3.8, 4) is 56.7 Å². The molecule has 2 aliphatic carbocycles. The molecule has 6 nitrogen and oxygen atoms in total. The van der Waals surface area contributed by atoms with Crippen LogP contribution in [-0.2, 0) is 5.41 Å². The molecule has 0 atom stereocenters. The highest BCUT2D eigenvalue weighted by Gasteiger charge is 2.52. The Morgan fingerprint density at radius 3 is 1.45 bits per heavy atom. The lowest BCUT2D eigenvalue weighted by Crippen LogP contribution is -2.26. The number of hydrogen-bond donors (Lipinski definition) is 0. The van der Waals surface area contributed by atoms with Gasteiger partial charge in [0.2, 0.25) is 5.95 Å². The molecule has 0 amide bonds. The van der Waals surface area contributed by atoms with Gasteiger partial charge in [-0.05, 0) is 99.6 Å². The number of fused-ring (bicyclic) bond motifs is 16. The van der Waals surface area contributed by atoms with Crippen LogP contribution in [0.15, 0.2) is 267 Å². The minimum Gasteiger partial charge on any atom is -0.310 e. The van der Waals surface area contributed by atoms with Crippen LogP contribution in [0.3, 0.4) is 0 Å². The van der Waals surface area contributed by atoms with Gasteiger partial charge in [-0.1, -0.05) is 206 Å². The van der Waals surface area contributed by atoms with E-state index in [2.05, 4.69) is 245 Å². The number of anilines is 3. The quantitative estimate of drug-likeness (QED) is 0.160. The van der Waals surface area contributed by atoms with Crippen LogP contribution in [0.1, 0.15) is 22.3 Å². The zero-order valence-corrected chi connectivity index (χ0v) is 41.1. The first-order valence-electron chi connectivity index (χ1n) is 25.9. The van der Waals surface area contributed by atoms with Crippen molar-refractivity contribution in [2.45, 2.75) is 5.41 Å². The lowest BCUT2D eigenvalue weighted by atomic mass is 9.70. The van der Waals surface area contributed by atoms with E-state index >= 15 is 0 Å². The average molecular weight is 969 g/mol. The highest BCUT2D eigenvalue weighted by molar-refractivity contribution is 6.13. The summed E-state index contributed by atoms with van der Waals surface area (Å²) >= 11 is 0. The van der Waals surface area contributed by atoms with Crippen LogP contribution in [0, 0.1) is 0 Å². The van der Waals surface area contributed by atoms with E-state index in [-0.39, 0.29) is 0 Å². The molecule has 11 aromatic carbocycles. The van der Waals surface area contributed by atoms with E-state index in [1.165, 1.54) is 55.3 Å². The van der Waals surface area contributed by atoms with Gasteiger partial charge in [0.1, 0.15) is 0 Å². The third-order valence-electron chi connectivity index (χ3n) is 16.0. The molecule has 76 heavy (non-hydrogen) atoms. The van der Waals surface area contributed by atoms with E-state index in [4.69, 9.17) is 15.0 Å². The molecule has 354 valence electrons. The van der Waals surface area contributed by atoms with Gasteiger partial charge in [0.25, 0.3) is 0 Å². The number of rotatable bonds is 7. The van der Waals surface area contributed by atoms with Crippen LogP contribution in [-0.4, -0.2) is 24.1 Å². The minimum absolute atomic E-state index is 0.518. The monoisotopic (exact) mass is 968 g/mol. The summed E-state index contributed by atoms with van der Waals surface area (Å²) in [4.78, 5) is 18.3. The van der Waals surface area contributed by atoms with Gasteiger partial charge < -0.3 is 9.47 Å². The van der Waals surface area contributed by atoms with E-state index in [1.54, 1.807) is 0 Å². The first-order chi connectivity index (χ1) is 37.7. The smallest absolute Gasteiger partial charge is 0.238 e. The first-order valence-corrected chi connectivity index (χ1v) is 25.9. The van der Waals surface area contributed by atoms with Crippen molar-refractivity contribution >= 4 is 60.7 Å². The Morgan fingerprint density at radius 2 is 0.789 bits per heavy atom. The number of para-hydroxylation sites is 3. The van der Waals surface area contributed by atoms with E-state index in [0.717, 1.165) is 66.7 Å². The highest BCUT2D eigenvalue weighted by atomic mass is 15.2. The lowest BCUT2D eigenvalue weighted by Gasteiger charge is -2.32. The summed E-state index contributed by atoms with van der Waals surface area (Å²) in [5.74, 6) is 1.77. The van der Waals surface area contributed by atoms with E-state index in [9.17, 15) is 0 Å². The van der Waals surface area contributed by atoms with Crippen LogP contribution in [0.25, 0.3) is 100 Å². The third-order valence-corrected chi connectivity index (χ3v) is 16.0. The van der Waals surface area contributed by atoms with Gasteiger partial charge in [-0.25, -0.2) is 4.98 Å². The fourth-order valence-corrected chi connectivity index (χ4v) is 12.9. The SMILES string of the molecule is c1ccc(-c2nc(-c3ccccc3)nc(-n3c4ccccc4c4ccc(N(c5ccc6c(c5)c5ccccc5n6-c5ccccc5)c5cccc6c5-c5ccccc5C65c6ccccc6-c6ccccc65)cc43)n2)cc1. The molecule has 16 rings (SSSR count). The fraction of sp³-hybridized carbons (Fsp3) is 0.0143. The molecule has 3 aromatic heterocycles. The third kappa shape index (κ3) is 6.01. The van der Waals surface area contributed by atoms with Crippen LogP contribution >= 0.6 is 0 Å². The molecular weight excluding hydrogens is 925 g/mol. The lowest BCUT2D eigenvalue weighted by molar-refractivity contribution is 0.794. The Morgan fingerprint density at radius 1 is 0.316 bits per heavy atom. The normalized spacial score (nSPS) is 12.8. The van der Waals surface area contributed by atoms with Crippen molar-refractivity contribution in [2.24, 2.45) is 0 Å². The van der Waals surface area contributed by atoms with Gasteiger partial charge >= 0.3 is 0 Å². The maximum Gasteiger partial charge on any atom is 0.238 e. The number of nitrogens with zero attached hydrogens (tertiary/aromatic N) is 6. The topological polar surface area (TPSA) is 51.8 Å². The van der Waals surface area contributed by atoms with Crippen LogP contribution < -0.4 is 4.90 Å². The summed E-state index contributed by atoms with van der Waals surface area (Å²) in [7, 11) is 0.